The summed E-state index contributed by atoms with van der Waals surface area (Å²) >= 11 is 3.08. The molecule has 18 heavy (non-hydrogen) atoms. The van der Waals surface area contributed by atoms with Gasteiger partial charge in [0.1, 0.15) is 0 Å². The summed E-state index contributed by atoms with van der Waals surface area (Å²) in [6.45, 7) is 0.568. The van der Waals surface area contributed by atoms with Gasteiger partial charge in [-0.2, -0.15) is 13.2 Å². The zero-order valence-corrected chi connectivity index (χ0v) is 11.4. The lowest BCUT2D eigenvalue weighted by molar-refractivity contribution is -0.137. The molecule has 0 heterocycles. The molecule has 0 saturated heterocycles. The number of hydrogen-bond acceptors (Lipinski definition) is 2. The summed E-state index contributed by atoms with van der Waals surface area (Å²) < 4.78 is 38.3. The molecule has 4 N–H and O–H groups in total. The predicted octanol–water partition coefficient (Wildman–Crippen LogP) is 3.60. The lowest BCUT2D eigenvalue weighted by atomic mass is 10.00. The molecule has 6 heteroatoms. The smallest absolute Gasteiger partial charge is 0.330 e. The van der Waals surface area contributed by atoms with Gasteiger partial charge in [0.2, 0.25) is 0 Å². The van der Waals surface area contributed by atoms with Crippen LogP contribution >= 0.6 is 15.9 Å². The van der Waals surface area contributed by atoms with Crippen molar-refractivity contribution in [2.45, 2.75) is 31.5 Å². The van der Waals surface area contributed by atoms with Crippen LogP contribution in [0.25, 0.3) is 0 Å². The Bertz CT molecular complexity index is 393. The Morgan fingerprint density at radius 1 is 1.17 bits per heavy atom. The number of rotatable bonds is 5. The summed E-state index contributed by atoms with van der Waals surface area (Å²) in [4.78, 5) is 0. The first kappa shape index (κ1) is 15.5. The van der Waals surface area contributed by atoms with Crippen molar-refractivity contribution in [3.8, 4) is 0 Å². The minimum absolute atomic E-state index is 0.390. The third kappa shape index (κ3) is 4.59. The highest BCUT2D eigenvalue weighted by molar-refractivity contribution is 9.10. The van der Waals surface area contributed by atoms with Gasteiger partial charge < -0.3 is 11.5 Å². The number of alkyl halides is 3. The Kier molecular flexibility index (Phi) is 5.62. The molecule has 0 amide bonds. The van der Waals surface area contributed by atoms with E-state index in [1.165, 1.54) is 0 Å². The van der Waals surface area contributed by atoms with E-state index in [4.69, 9.17) is 11.5 Å². The van der Waals surface area contributed by atoms with E-state index >= 15 is 0 Å². The van der Waals surface area contributed by atoms with Crippen LogP contribution in [-0.4, -0.2) is 6.54 Å². The standard InChI is InChI=1S/C12H16BrF3N2/c13-10-6-8(11(18)3-1-2-4-17)5-9(7-10)12(14,15)16/h5-7,11H,1-4,17-18H2/t11-/m0/s1. The second-order valence-electron chi connectivity index (χ2n) is 4.16. The Morgan fingerprint density at radius 2 is 1.83 bits per heavy atom. The van der Waals surface area contributed by atoms with Crippen molar-refractivity contribution in [3.63, 3.8) is 0 Å². The van der Waals surface area contributed by atoms with Gasteiger partial charge in [0.15, 0.2) is 0 Å². The van der Waals surface area contributed by atoms with Gasteiger partial charge in [-0.3, -0.25) is 0 Å². The Hall–Kier alpha value is -0.590. The fourth-order valence-electron chi connectivity index (χ4n) is 1.67. The first-order valence-corrected chi connectivity index (χ1v) is 6.47. The molecule has 0 saturated carbocycles. The van der Waals surface area contributed by atoms with Crippen molar-refractivity contribution in [2.75, 3.05) is 6.54 Å². The molecule has 1 atom stereocenters. The summed E-state index contributed by atoms with van der Waals surface area (Å²) in [5, 5.41) is 0. The van der Waals surface area contributed by atoms with E-state index in [1.807, 2.05) is 0 Å². The van der Waals surface area contributed by atoms with Gasteiger partial charge in [0.05, 0.1) is 5.56 Å². The quantitative estimate of drug-likeness (QED) is 0.813. The molecule has 0 radical (unpaired) electrons. The first-order valence-electron chi connectivity index (χ1n) is 5.68. The van der Waals surface area contributed by atoms with Crippen LogP contribution in [0.4, 0.5) is 13.2 Å². The molecule has 1 aromatic rings. The van der Waals surface area contributed by atoms with Crippen molar-refractivity contribution in [3.05, 3.63) is 33.8 Å². The summed E-state index contributed by atoms with van der Waals surface area (Å²) in [5.74, 6) is 0. The van der Waals surface area contributed by atoms with Crippen molar-refractivity contribution in [1.82, 2.24) is 0 Å². The number of hydrogen-bond donors (Lipinski definition) is 2. The Morgan fingerprint density at radius 3 is 2.39 bits per heavy atom. The van der Waals surface area contributed by atoms with E-state index in [2.05, 4.69) is 15.9 Å². The second-order valence-corrected chi connectivity index (χ2v) is 5.08. The first-order chi connectivity index (χ1) is 8.34. The van der Waals surface area contributed by atoms with Crippen molar-refractivity contribution in [1.29, 1.82) is 0 Å². The summed E-state index contributed by atoms with van der Waals surface area (Å²) in [7, 11) is 0. The number of benzene rings is 1. The van der Waals surface area contributed by atoms with Crippen LogP contribution in [0.1, 0.15) is 36.4 Å². The van der Waals surface area contributed by atoms with Crippen LogP contribution < -0.4 is 11.5 Å². The minimum Gasteiger partial charge on any atom is -0.330 e. The van der Waals surface area contributed by atoms with Gasteiger partial charge in [-0.25, -0.2) is 0 Å². The predicted molar refractivity (Wildman–Crippen MR) is 69.0 cm³/mol. The number of halogens is 4. The highest BCUT2D eigenvalue weighted by Crippen LogP contribution is 2.33. The van der Waals surface area contributed by atoms with Crippen LogP contribution in [0.15, 0.2) is 22.7 Å². The molecule has 0 aliphatic rings. The molecular formula is C12H16BrF3N2. The van der Waals surface area contributed by atoms with E-state index in [0.29, 0.717) is 23.0 Å². The lowest BCUT2D eigenvalue weighted by Gasteiger charge is -2.15. The fraction of sp³-hybridized carbons (Fsp3) is 0.500. The average Bonchev–Trinajstić information content (AvgIpc) is 2.27. The molecule has 0 aliphatic carbocycles. The third-order valence-corrected chi connectivity index (χ3v) is 3.10. The molecule has 102 valence electrons. The zero-order valence-electron chi connectivity index (χ0n) is 9.80. The molecule has 0 aliphatic heterocycles. The molecule has 0 unspecified atom stereocenters. The monoisotopic (exact) mass is 324 g/mol. The maximum Gasteiger partial charge on any atom is 0.416 e. The van der Waals surface area contributed by atoms with Gasteiger partial charge in [-0.05, 0) is 43.1 Å². The molecule has 0 spiro atoms. The van der Waals surface area contributed by atoms with Gasteiger partial charge >= 0.3 is 6.18 Å². The second kappa shape index (κ2) is 6.54. The molecule has 0 fully saturated rings. The molecule has 1 rings (SSSR count). The highest BCUT2D eigenvalue weighted by Gasteiger charge is 2.31. The topological polar surface area (TPSA) is 52.0 Å². The van der Waals surface area contributed by atoms with Gasteiger partial charge in [0.25, 0.3) is 0 Å². The normalized spacial score (nSPS) is 13.7. The van der Waals surface area contributed by atoms with Crippen LogP contribution in [0.3, 0.4) is 0 Å². The van der Waals surface area contributed by atoms with Crippen molar-refractivity contribution in [2.24, 2.45) is 11.5 Å². The molecule has 0 bridgehead atoms. The van der Waals surface area contributed by atoms with Gasteiger partial charge in [-0.15, -0.1) is 0 Å². The van der Waals surface area contributed by atoms with Gasteiger partial charge in [-0.1, -0.05) is 22.4 Å². The molecule has 1 aromatic carbocycles. The van der Waals surface area contributed by atoms with E-state index in [-0.39, 0.29) is 0 Å². The van der Waals surface area contributed by atoms with E-state index < -0.39 is 17.8 Å². The van der Waals surface area contributed by atoms with Gasteiger partial charge in [0, 0.05) is 10.5 Å². The lowest BCUT2D eigenvalue weighted by Crippen LogP contribution is -2.13. The van der Waals surface area contributed by atoms with Crippen molar-refractivity contribution >= 4 is 15.9 Å². The molecular weight excluding hydrogens is 309 g/mol. The summed E-state index contributed by atoms with van der Waals surface area (Å²) in [6, 6.07) is 3.39. The maximum atomic E-state index is 12.6. The van der Waals surface area contributed by atoms with E-state index in [1.54, 1.807) is 6.07 Å². The average molecular weight is 325 g/mol. The molecule has 2 nitrogen and oxygen atoms in total. The number of unbranched alkanes of at least 4 members (excludes halogenated alkanes) is 1. The fourth-order valence-corrected chi connectivity index (χ4v) is 2.18. The van der Waals surface area contributed by atoms with Crippen LogP contribution in [0, 0.1) is 0 Å². The van der Waals surface area contributed by atoms with Crippen LogP contribution in [0.2, 0.25) is 0 Å². The van der Waals surface area contributed by atoms with E-state index in [9.17, 15) is 13.2 Å². The van der Waals surface area contributed by atoms with E-state index in [0.717, 1.165) is 25.0 Å². The van der Waals surface area contributed by atoms with Crippen LogP contribution in [0.5, 0.6) is 0 Å². The van der Waals surface area contributed by atoms with Crippen molar-refractivity contribution < 1.29 is 13.2 Å². The highest BCUT2D eigenvalue weighted by atomic mass is 79.9. The maximum absolute atomic E-state index is 12.6. The molecule has 0 aromatic heterocycles. The number of nitrogens with two attached hydrogens (primary N) is 2. The summed E-state index contributed by atoms with van der Waals surface area (Å²) in [5.41, 5.74) is 11.1. The van der Waals surface area contributed by atoms with Crippen LogP contribution in [-0.2, 0) is 6.18 Å². The SMILES string of the molecule is NCCCC[C@H](N)c1cc(Br)cc(C(F)(F)F)c1. The Labute approximate surface area is 113 Å². The third-order valence-electron chi connectivity index (χ3n) is 2.64. The minimum atomic E-state index is -4.35. The largest absolute Gasteiger partial charge is 0.416 e. The Balaban J connectivity index is 2.85. The zero-order chi connectivity index (χ0) is 13.8. The summed E-state index contributed by atoms with van der Waals surface area (Å²) in [6.07, 6.45) is -2.08.